The standard InChI is InChI=1S/C22H25N3O2/c1-16-10-19(14-23-13-18-7-9-25-21(12-18)26-3)11-17(2)22(16)27-15-20-6-4-5-8-24-20/h4-12,23H,13-15H2,1-3H3. The van der Waals surface area contributed by atoms with Gasteiger partial charge < -0.3 is 14.8 Å². The average Bonchev–Trinajstić information content (AvgIpc) is 2.68. The maximum absolute atomic E-state index is 6.00. The van der Waals surface area contributed by atoms with Crippen molar-refractivity contribution in [2.24, 2.45) is 0 Å². The largest absolute Gasteiger partial charge is 0.487 e. The lowest BCUT2D eigenvalue weighted by atomic mass is 10.1. The molecule has 0 radical (unpaired) electrons. The lowest BCUT2D eigenvalue weighted by molar-refractivity contribution is 0.297. The predicted octanol–water partition coefficient (Wildman–Crippen LogP) is 3.97. The Labute approximate surface area is 160 Å². The second-order valence-electron chi connectivity index (χ2n) is 6.48. The van der Waals surface area contributed by atoms with E-state index in [0.717, 1.165) is 41.2 Å². The van der Waals surface area contributed by atoms with Crippen LogP contribution in [0.25, 0.3) is 0 Å². The van der Waals surface area contributed by atoms with Crippen LogP contribution in [0.1, 0.15) is 27.9 Å². The van der Waals surface area contributed by atoms with Crippen molar-refractivity contribution >= 4 is 0 Å². The van der Waals surface area contributed by atoms with Crippen LogP contribution in [0.15, 0.2) is 54.9 Å². The van der Waals surface area contributed by atoms with E-state index < -0.39 is 0 Å². The smallest absolute Gasteiger partial charge is 0.213 e. The summed E-state index contributed by atoms with van der Waals surface area (Å²) in [5.41, 5.74) is 5.57. The van der Waals surface area contributed by atoms with Gasteiger partial charge in [0.25, 0.3) is 0 Å². The summed E-state index contributed by atoms with van der Waals surface area (Å²) in [6, 6.07) is 14.1. The van der Waals surface area contributed by atoms with Crippen molar-refractivity contribution in [2.75, 3.05) is 7.11 Å². The molecule has 0 saturated heterocycles. The number of nitrogens with one attached hydrogen (secondary N) is 1. The molecule has 2 aromatic heterocycles. The molecule has 5 heteroatoms. The van der Waals surface area contributed by atoms with Gasteiger partial charge in [0, 0.05) is 31.5 Å². The zero-order chi connectivity index (χ0) is 19.1. The van der Waals surface area contributed by atoms with Gasteiger partial charge >= 0.3 is 0 Å². The van der Waals surface area contributed by atoms with Crippen LogP contribution >= 0.6 is 0 Å². The summed E-state index contributed by atoms with van der Waals surface area (Å²) in [4.78, 5) is 8.43. The van der Waals surface area contributed by atoms with E-state index in [1.54, 1.807) is 19.5 Å². The first-order chi connectivity index (χ1) is 13.2. The molecule has 0 saturated carbocycles. The summed E-state index contributed by atoms with van der Waals surface area (Å²) in [6.45, 7) is 6.18. The van der Waals surface area contributed by atoms with Crippen LogP contribution in [0, 0.1) is 13.8 Å². The third-order valence-corrected chi connectivity index (χ3v) is 4.28. The van der Waals surface area contributed by atoms with Gasteiger partial charge in [-0.25, -0.2) is 4.98 Å². The highest BCUT2D eigenvalue weighted by Crippen LogP contribution is 2.25. The Balaban J connectivity index is 1.58. The van der Waals surface area contributed by atoms with Gasteiger partial charge in [0.2, 0.25) is 5.88 Å². The van der Waals surface area contributed by atoms with Crippen molar-refractivity contribution in [3.05, 3.63) is 82.8 Å². The average molecular weight is 363 g/mol. The summed E-state index contributed by atoms with van der Waals surface area (Å²) < 4.78 is 11.2. The summed E-state index contributed by atoms with van der Waals surface area (Å²) in [5.74, 6) is 1.57. The highest BCUT2D eigenvalue weighted by Gasteiger charge is 2.07. The third kappa shape index (κ3) is 5.28. The molecule has 3 rings (SSSR count). The number of ether oxygens (including phenoxy) is 2. The minimum absolute atomic E-state index is 0.476. The molecule has 0 aliphatic carbocycles. The summed E-state index contributed by atoms with van der Waals surface area (Å²) in [7, 11) is 1.63. The maximum atomic E-state index is 6.00. The van der Waals surface area contributed by atoms with Crippen molar-refractivity contribution in [3.8, 4) is 11.6 Å². The van der Waals surface area contributed by atoms with Gasteiger partial charge in [0.05, 0.1) is 12.8 Å². The molecule has 0 aliphatic rings. The Hall–Kier alpha value is -2.92. The zero-order valence-electron chi connectivity index (χ0n) is 16.0. The van der Waals surface area contributed by atoms with Crippen molar-refractivity contribution in [2.45, 2.75) is 33.5 Å². The first-order valence-corrected chi connectivity index (χ1v) is 8.98. The molecule has 2 heterocycles. The molecule has 5 nitrogen and oxygen atoms in total. The molecule has 3 aromatic rings. The van der Waals surface area contributed by atoms with Crippen LogP contribution in [0.2, 0.25) is 0 Å². The van der Waals surface area contributed by atoms with Crippen molar-refractivity contribution < 1.29 is 9.47 Å². The number of nitrogens with zero attached hydrogens (tertiary/aromatic N) is 2. The van der Waals surface area contributed by atoms with Crippen molar-refractivity contribution in [3.63, 3.8) is 0 Å². The van der Waals surface area contributed by atoms with Gasteiger partial charge in [-0.1, -0.05) is 18.2 Å². The molecule has 1 N–H and O–H groups in total. The Morgan fingerprint density at radius 1 is 0.889 bits per heavy atom. The first-order valence-electron chi connectivity index (χ1n) is 8.98. The highest BCUT2D eigenvalue weighted by atomic mass is 16.5. The highest BCUT2D eigenvalue weighted by molar-refractivity contribution is 5.43. The summed E-state index contributed by atoms with van der Waals surface area (Å²) in [5, 5.41) is 3.47. The van der Waals surface area contributed by atoms with Gasteiger partial charge in [-0.05, 0) is 54.3 Å². The molecule has 0 aliphatic heterocycles. The van der Waals surface area contributed by atoms with E-state index >= 15 is 0 Å². The summed E-state index contributed by atoms with van der Waals surface area (Å²) >= 11 is 0. The second kappa shape index (κ2) is 9.14. The molecule has 1 aromatic carbocycles. The van der Waals surface area contributed by atoms with Crippen LogP contribution in [-0.4, -0.2) is 17.1 Å². The molecule has 0 amide bonds. The normalized spacial score (nSPS) is 10.6. The topological polar surface area (TPSA) is 56.3 Å². The fourth-order valence-corrected chi connectivity index (χ4v) is 3.02. The molecule has 0 fully saturated rings. The van der Waals surface area contributed by atoms with Gasteiger partial charge in [-0.15, -0.1) is 0 Å². The van der Waals surface area contributed by atoms with E-state index in [9.17, 15) is 0 Å². The quantitative estimate of drug-likeness (QED) is 0.656. The van der Waals surface area contributed by atoms with Gasteiger partial charge in [0.1, 0.15) is 12.4 Å². The zero-order valence-corrected chi connectivity index (χ0v) is 16.0. The lowest BCUT2D eigenvalue weighted by Crippen LogP contribution is -2.13. The number of aromatic nitrogens is 2. The van der Waals surface area contributed by atoms with E-state index in [2.05, 4.69) is 41.3 Å². The maximum Gasteiger partial charge on any atom is 0.213 e. The molecule has 0 bridgehead atoms. The number of rotatable bonds is 8. The SMILES string of the molecule is COc1cc(CNCc2cc(C)c(OCc3ccccn3)c(C)c2)ccn1. The van der Waals surface area contributed by atoms with Gasteiger partial charge in [0.15, 0.2) is 0 Å². The monoisotopic (exact) mass is 363 g/mol. The fourth-order valence-electron chi connectivity index (χ4n) is 3.02. The van der Waals surface area contributed by atoms with Crippen molar-refractivity contribution in [1.82, 2.24) is 15.3 Å². The van der Waals surface area contributed by atoms with Crippen LogP contribution in [0.5, 0.6) is 11.6 Å². The van der Waals surface area contributed by atoms with Crippen molar-refractivity contribution in [1.29, 1.82) is 0 Å². The number of benzene rings is 1. The molecule has 0 atom stereocenters. The minimum Gasteiger partial charge on any atom is -0.487 e. The van der Waals surface area contributed by atoms with Crippen LogP contribution in [-0.2, 0) is 19.7 Å². The van der Waals surface area contributed by atoms with Crippen LogP contribution in [0.4, 0.5) is 0 Å². The third-order valence-electron chi connectivity index (χ3n) is 4.28. The van der Waals surface area contributed by atoms with Gasteiger partial charge in [-0.2, -0.15) is 0 Å². The molecule has 140 valence electrons. The Kier molecular flexibility index (Phi) is 6.39. The first kappa shape index (κ1) is 18.9. The number of aryl methyl sites for hydroxylation is 2. The van der Waals surface area contributed by atoms with Gasteiger partial charge in [-0.3, -0.25) is 4.98 Å². The Morgan fingerprint density at radius 2 is 1.67 bits per heavy atom. The number of hydrogen-bond donors (Lipinski definition) is 1. The van der Waals surface area contributed by atoms with E-state index in [4.69, 9.17) is 9.47 Å². The van der Waals surface area contributed by atoms with E-state index in [-0.39, 0.29) is 0 Å². The minimum atomic E-state index is 0.476. The Morgan fingerprint density at radius 3 is 2.37 bits per heavy atom. The van der Waals surface area contributed by atoms with Crippen LogP contribution in [0.3, 0.4) is 0 Å². The summed E-state index contributed by atoms with van der Waals surface area (Å²) in [6.07, 6.45) is 3.55. The van der Waals surface area contributed by atoms with E-state index in [1.165, 1.54) is 5.56 Å². The number of methoxy groups -OCH3 is 1. The lowest BCUT2D eigenvalue weighted by Gasteiger charge is -2.14. The molecule has 27 heavy (non-hydrogen) atoms. The molecular formula is C22H25N3O2. The Bertz CT molecular complexity index is 859. The molecule has 0 unspecified atom stereocenters. The molecule has 0 spiro atoms. The van der Waals surface area contributed by atoms with E-state index in [0.29, 0.717) is 12.5 Å². The van der Waals surface area contributed by atoms with E-state index in [1.807, 2.05) is 30.3 Å². The number of hydrogen-bond acceptors (Lipinski definition) is 5. The predicted molar refractivity (Wildman–Crippen MR) is 106 cm³/mol. The number of pyridine rings is 2. The van der Waals surface area contributed by atoms with Crippen LogP contribution < -0.4 is 14.8 Å². The second-order valence-corrected chi connectivity index (χ2v) is 6.48. The molecular weight excluding hydrogens is 338 g/mol. The fraction of sp³-hybridized carbons (Fsp3) is 0.273.